The molecule has 4 atom stereocenters. The second kappa shape index (κ2) is 14.7. The van der Waals surface area contributed by atoms with Gasteiger partial charge in [0.1, 0.15) is 5.82 Å². The predicted molar refractivity (Wildman–Crippen MR) is 149 cm³/mol. The van der Waals surface area contributed by atoms with Gasteiger partial charge in [0.25, 0.3) is 0 Å². The summed E-state index contributed by atoms with van der Waals surface area (Å²) in [5, 5.41) is 19.8. The summed E-state index contributed by atoms with van der Waals surface area (Å²) >= 11 is 0. The van der Waals surface area contributed by atoms with Crippen molar-refractivity contribution in [2.75, 3.05) is 6.61 Å². The zero-order valence-electron chi connectivity index (χ0n) is 22.1. The lowest BCUT2D eigenvalue weighted by Gasteiger charge is -2.25. The third-order valence-electron chi connectivity index (χ3n) is 7.35. The number of ether oxygens (including phenoxy) is 2. The number of carboxylic acid groups (broad SMARTS) is 1. The van der Waals surface area contributed by atoms with E-state index in [2.05, 4.69) is 42.5 Å². The molecule has 1 aliphatic carbocycles. The Balaban J connectivity index is 1.35. The Morgan fingerprint density at radius 1 is 0.872 bits per heavy atom. The molecule has 206 valence electrons. The van der Waals surface area contributed by atoms with E-state index in [4.69, 9.17) is 14.6 Å². The van der Waals surface area contributed by atoms with E-state index in [-0.39, 0.29) is 30.2 Å². The van der Waals surface area contributed by atoms with Gasteiger partial charge in [0.15, 0.2) is 0 Å². The van der Waals surface area contributed by atoms with Gasteiger partial charge in [-0.2, -0.15) is 0 Å². The third kappa shape index (κ3) is 8.85. The summed E-state index contributed by atoms with van der Waals surface area (Å²) in [6.07, 6.45) is 6.12. The molecular weight excluding hydrogens is 495 g/mol. The van der Waals surface area contributed by atoms with E-state index in [1.54, 1.807) is 12.1 Å². The second-order valence-electron chi connectivity index (χ2n) is 10.2. The van der Waals surface area contributed by atoms with Crippen molar-refractivity contribution in [1.29, 1.82) is 0 Å². The molecule has 0 amide bonds. The van der Waals surface area contributed by atoms with Crippen molar-refractivity contribution in [3.63, 3.8) is 0 Å². The Hall–Kier alpha value is -3.32. The summed E-state index contributed by atoms with van der Waals surface area (Å²) in [5.74, 6) is -1.10. The maximum absolute atomic E-state index is 13.2. The fraction of sp³-hybridized carbons (Fsp3) is 0.364. The van der Waals surface area contributed by atoms with Crippen LogP contribution >= 0.6 is 0 Å². The van der Waals surface area contributed by atoms with Gasteiger partial charge in [-0.25, -0.2) is 4.39 Å². The number of unbranched alkanes of at least 4 members (excludes halogenated alkanes) is 1. The van der Waals surface area contributed by atoms with Gasteiger partial charge in [0.2, 0.25) is 0 Å². The molecule has 0 bridgehead atoms. The number of halogens is 1. The first kappa shape index (κ1) is 28.7. The van der Waals surface area contributed by atoms with E-state index in [9.17, 15) is 14.3 Å². The van der Waals surface area contributed by atoms with Gasteiger partial charge in [-0.05, 0) is 59.6 Å². The third-order valence-corrected chi connectivity index (χ3v) is 7.35. The van der Waals surface area contributed by atoms with Crippen LogP contribution in [0, 0.1) is 17.7 Å². The molecule has 0 unspecified atom stereocenters. The summed E-state index contributed by atoms with van der Waals surface area (Å²) in [4.78, 5) is 10.8. The zero-order valence-corrected chi connectivity index (χ0v) is 22.1. The van der Waals surface area contributed by atoms with Crippen molar-refractivity contribution in [1.82, 2.24) is 0 Å². The first-order valence-electron chi connectivity index (χ1n) is 13.6. The van der Waals surface area contributed by atoms with Crippen molar-refractivity contribution in [2.45, 2.75) is 57.5 Å². The first-order valence-corrected chi connectivity index (χ1v) is 13.6. The van der Waals surface area contributed by atoms with Gasteiger partial charge in [-0.3, -0.25) is 4.79 Å². The van der Waals surface area contributed by atoms with Gasteiger partial charge < -0.3 is 19.7 Å². The largest absolute Gasteiger partial charge is 0.481 e. The molecule has 2 N–H and O–H groups in total. The van der Waals surface area contributed by atoms with Gasteiger partial charge in [0, 0.05) is 18.8 Å². The van der Waals surface area contributed by atoms with Crippen LogP contribution in [-0.2, 0) is 27.5 Å². The highest BCUT2D eigenvalue weighted by atomic mass is 19.1. The number of hydrogen-bond acceptors (Lipinski definition) is 4. The maximum atomic E-state index is 13.2. The fourth-order valence-electron chi connectivity index (χ4n) is 5.16. The molecule has 39 heavy (non-hydrogen) atoms. The van der Waals surface area contributed by atoms with Crippen LogP contribution in [0.5, 0.6) is 0 Å². The van der Waals surface area contributed by atoms with Crippen LogP contribution in [0.15, 0.2) is 91.0 Å². The normalized spacial score (nSPS) is 21.0. The highest BCUT2D eigenvalue weighted by Gasteiger charge is 2.42. The monoisotopic (exact) mass is 532 g/mol. The van der Waals surface area contributed by atoms with Crippen molar-refractivity contribution < 1.29 is 28.9 Å². The quantitative estimate of drug-likeness (QED) is 0.177. The summed E-state index contributed by atoms with van der Waals surface area (Å²) in [6, 6.07) is 24.8. The highest BCUT2D eigenvalue weighted by molar-refractivity contribution is 5.66. The van der Waals surface area contributed by atoms with Crippen LogP contribution in [0.4, 0.5) is 4.39 Å². The Labute approximate surface area is 229 Å². The molecule has 6 heteroatoms. The van der Waals surface area contributed by atoms with Gasteiger partial charge in [-0.1, -0.05) is 78.9 Å². The van der Waals surface area contributed by atoms with E-state index >= 15 is 0 Å². The molecular formula is C33H37FO5. The van der Waals surface area contributed by atoms with Crippen LogP contribution in [0.25, 0.3) is 11.1 Å². The number of aliphatic hydroxyl groups excluding tert-OH is 1. The van der Waals surface area contributed by atoms with Crippen molar-refractivity contribution >= 4 is 5.97 Å². The van der Waals surface area contributed by atoms with Crippen molar-refractivity contribution in [2.24, 2.45) is 11.8 Å². The molecule has 0 aromatic heterocycles. The lowest BCUT2D eigenvalue weighted by Crippen LogP contribution is -2.27. The van der Waals surface area contributed by atoms with Crippen LogP contribution in [0.2, 0.25) is 0 Å². The molecule has 1 aliphatic rings. The molecule has 0 radical (unpaired) electrons. The smallest absolute Gasteiger partial charge is 0.303 e. The number of benzene rings is 3. The minimum Gasteiger partial charge on any atom is -0.481 e. The molecule has 5 nitrogen and oxygen atoms in total. The SMILES string of the molecule is O=C(O)CCC/C=C\C[C@@H]1[C@@H](COCc2ccc(F)cc2)[C@H](O)C[C@H]1OCc1ccc(-c2ccccc2)cc1. The number of rotatable bonds is 14. The van der Waals surface area contributed by atoms with Gasteiger partial charge >= 0.3 is 5.97 Å². The summed E-state index contributed by atoms with van der Waals surface area (Å²) < 4.78 is 25.5. The topological polar surface area (TPSA) is 76.0 Å². The number of hydrogen-bond donors (Lipinski definition) is 2. The molecule has 3 aromatic carbocycles. The van der Waals surface area contributed by atoms with E-state index in [0.29, 0.717) is 45.5 Å². The molecule has 0 heterocycles. The minimum atomic E-state index is -0.786. The summed E-state index contributed by atoms with van der Waals surface area (Å²) in [7, 11) is 0. The van der Waals surface area contributed by atoms with E-state index < -0.39 is 12.1 Å². The number of carbonyl (C=O) groups is 1. The van der Waals surface area contributed by atoms with Gasteiger partial charge in [0.05, 0.1) is 32.0 Å². The molecule has 1 saturated carbocycles. The van der Waals surface area contributed by atoms with Crippen LogP contribution in [0.3, 0.4) is 0 Å². The zero-order chi connectivity index (χ0) is 27.5. The van der Waals surface area contributed by atoms with Gasteiger partial charge in [-0.15, -0.1) is 0 Å². The summed E-state index contributed by atoms with van der Waals surface area (Å²) in [6.45, 7) is 1.18. The van der Waals surface area contributed by atoms with Crippen LogP contribution < -0.4 is 0 Å². The number of aliphatic hydroxyl groups is 1. The Morgan fingerprint density at radius 2 is 1.54 bits per heavy atom. The predicted octanol–water partition coefficient (Wildman–Crippen LogP) is 6.79. The average molecular weight is 533 g/mol. The van der Waals surface area contributed by atoms with Crippen LogP contribution in [-0.4, -0.2) is 35.0 Å². The Morgan fingerprint density at radius 3 is 2.26 bits per heavy atom. The Bertz CT molecular complexity index is 1180. The van der Waals surface area contributed by atoms with E-state index in [0.717, 1.165) is 16.7 Å². The molecule has 0 aliphatic heterocycles. The minimum absolute atomic E-state index is 0.0625. The first-order chi connectivity index (χ1) is 19.0. The lowest BCUT2D eigenvalue weighted by atomic mass is 9.91. The lowest BCUT2D eigenvalue weighted by molar-refractivity contribution is -0.137. The highest BCUT2D eigenvalue weighted by Crippen LogP contribution is 2.38. The van der Waals surface area contributed by atoms with E-state index in [1.165, 1.54) is 17.7 Å². The molecule has 0 saturated heterocycles. The van der Waals surface area contributed by atoms with E-state index in [1.807, 2.05) is 24.3 Å². The average Bonchev–Trinajstić information content (AvgIpc) is 3.25. The number of carboxylic acids is 1. The standard InChI is InChI=1S/C33H37FO5/c34-28-18-14-24(15-19-28)21-38-23-30-29(10-6-1-2-7-11-33(36)37)32(20-31(30)35)39-22-25-12-16-27(17-13-25)26-8-4-3-5-9-26/h1,3-6,8-9,12-19,29-32,35H,2,7,10-11,20-23H2,(H,36,37)/b6-1-/t29-,30-,31-,32-/m1/s1. The molecule has 1 fully saturated rings. The second-order valence-corrected chi connectivity index (χ2v) is 10.2. The number of allylic oxidation sites excluding steroid dienone is 2. The molecule has 4 rings (SSSR count). The van der Waals surface area contributed by atoms with Crippen LogP contribution in [0.1, 0.15) is 43.2 Å². The Kier molecular flexibility index (Phi) is 10.8. The molecule has 0 spiro atoms. The van der Waals surface area contributed by atoms with Crippen molar-refractivity contribution in [3.8, 4) is 11.1 Å². The van der Waals surface area contributed by atoms with Crippen molar-refractivity contribution in [3.05, 3.63) is 108 Å². The molecule has 3 aromatic rings. The maximum Gasteiger partial charge on any atom is 0.303 e. The number of aliphatic carboxylic acids is 1. The fourth-order valence-corrected chi connectivity index (χ4v) is 5.16. The summed E-state index contributed by atoms with van der Waals surface area (Å²) in [5.41, 5.74) is 4.27.